The van der Waals surface area contributed by atoms with Gasteiger partial charge in [-0.1, -0.05) is 0 Å². The van der Waals surface area contributed by atoms with Gasteiger partial charge >= 0.3 is 0 Å². The molecule has 7 atom stereocenters. The van der Waals surface area contributed by atoms with Crippen molar-refractivity contribution >= 4 is 66.0 Å². The first-order valence-corrected chi connectivity index (χ1v) is 13.3. The molecule has 0 bridgehead atoms. The molecule has 18 nitrogen and oxygen atoms in total. The molecule has 0 aliphatic carbocycles. The van der Waals surface area contributed by atoms with Crippen molar-refractivity contribution < 1.29 is 35.0 Å². The van der Waals surface area contributed by atoms with Crippen LogP contribution in [0.1, 0.15) is 18.9 Å². The Hall–Kier alpha value is -2.82. The molecular formula is C20H24Br2N10O8. The Kier molecular flexibility index (Phi) is 8.05. The van der Waals surface area contributed by atoms with Gasteiger partial charge in [-0.25, -0.2) is 19.9 Å². The fourth-order valence-corrected chi connectivity index (χ4v) is 5.61. The van der Waals surface area contributed by atoms with E-state index in [2.05, 4.69) is 61.8 Å². The fraction of sp³-hybridized carbons (Fsp3) is 0.500. The summed E-state index contributed by atoms with van der Waals surface area (Å²) in [5.41, 5.74) is 11.9. The van der Waals surface area contributed by atoms with E-state index in [4.69, 9.17) is 31.2 Å². The van der Waals surface area contributed by atoms with Crippen LogP contribution in [-0.4, -0.2) is 108 Å². The minimum absolute atomic E-state index is 0.0339. The van der Waals surface area contributed by atoms with Crippen molar-refractivity contribution in [2.75, 3.05) is 24.7 Å². The third-order valence-corrected chi connectivity index (χ3v) is 7.55. The molecule has 6 rings (SSSR count). The smallest absolute Gasteiger partial charge is 0.280 e. The molecule has 2 aliphatic rings. The minimum atomic E-state index is -1.22. The van der Waals surface area contributed by atoms with Gasteiger partial charge in [0, 0.05) is 6.42 Å². The van der Waals surface area contributed by atoms with Crippen LogP contribution in [0.3, 0.4) is 0 Å². The Balaban J connectivity index is 0.000000161. The van der Waals surface area contributed by atoms with Crippen LogP contribution in [-0.2, 0) is 9.47 Å². The second-order valence-corrected chi connectivity index (χ2v) is 10.3. The SMILES string of the molecule is Nc1nc2c(nc(Br)n2[C@H]2C[C@H](O)[C@@H](CO)O2)c(=O)[nH]1.Nc1ncnc2c1nc(Br)n2[C@@H]1O[C@H](CO)[C@@H](O)[C@H]1O. The predicted molar refractivity (Wildman–Crippen MR) is 142 cm³/mol. The number of anilines is 2. The standard InChI is InChI=1S/2C10H12BrN5O4/c11-10-15-4-7(12)13-2-14-8(4)16(10)9-6(19)5(18)3(1-17)20-9;11-9-13-6-7(14-10(12)15-8(6)19)16(9)5-1-3(18)4(2-17)20-5/h2-3,5-6,9,17-19H,1H2,(H2,12,13,14);3-5,17-18H,1-2H2,(H3,12,14,15,19)/t3-,5-,6-,9-;3-,4+,5+/m10/s1. The minimum Gasteiger partial charge on any atom is -0.394 e. The number of H-pyrrole nitrogens is 1. The number of hydrogen-bond acceptors (Lipinski definition) is 15. The van der Waals surface area contributed by atoms with E-state index in [0.717, 1.165) is 0 Å². The maximum absolute atomic E-state index is 11.8. The van der Waals surface area contributed by atoms with Crippen molar-refractivity contribution in [3.05, 3.63) is 26.1 Å². The maximum Gasteiger partial charge on any atom is 0.280 e. The molecule has 2 aliphatic heterocycles. The summed E-state index contributed by atoms with van der Waals surface area (Å²) in [6.07, 6.45) is -4.78. The maximum atomic E-state index is 11.8. The molecule has 6 heterocycles. The summed E-state index contributed by atoms with van der Waals surface area (Å²) in [7, 11) is 0. The molecule has 0 radical (unpaired) electrons. The average Bonchev–Trinajstić information content (AvgIpc) is 3.62. The Morgan fingerprint density at radius 3 is 2.25 bits per heavy atom. The largest absolute Gasteiger partial charge is 0.394 e. The predicted octanol–water partition coefficient (Wildman–Crippen LogP) is -2.11. The van der Waals surface area contributed by atoms with Crippen molar-refractivity contribution in [1.82, 2.24) is 39.0 Å². The van der Waals surface area contributed by atoms with E-state index in [1.54, 1.807) is 0 Å². The average molecular weight is 692 g/mol. The summed E-state index contributed by atoms with van der Waals surface area (Å²) in [6.45, 7) is -0.700. The van der Waals surface area contributed by atoms with Gasteiger partial charge in [-0.05, 0) is 31.9 Å². The molecule has 0 amide bonds. The molecule has 0 aromatic carbocycles. The zero-order chi connectivity index (χ0) is 28.9. The number of ether oxygens (including phenoxy) is 2. The molecule has 0 unspecified atom stereocenters. The first-order valence-electron chi connectivity index (χ1n) is 11.7. The quantitative estimate of drug-likeness (QED) is 0.106. The van der Waals surface area contributed by atoms with Gasteiger partial charge in [-0.3, -0.25) is 18.9 Å². The van der Waals surface area contributed by atoms with Gasteiger partial charge < -0.3 is 46.5 Å². The molecule has 10 N–H and O–H groups in total. The fourth-order valence-electron chi connectivity index (χ4n) is 4.49. The van der Waals surface area contributed by atoms with Crippen LogP contribution in [0.25, 0.3) is 22.3 Å². The lowest BCUT2D eigenvalue weighted by molar-refractivity contribution is -0.0521. The molecule has 40 heavy (non-hydrogen) atoms. The third-order valence-electron chi connectivity index (χ3n) is 6.43. The highest BCUT2D eigenvalue weighted by Crippen LogP contribution is 2.35. The molecule has 4 aromatic heterocycles. The van der Waals surface area contributed by atoms with Crippen LogP contribution in [0.2, 0.25) is 0 Å². The molecular weight excluding hydrogens is 668 g/mol. The zero-order valence-corrected chi connectivity index (χ0v) is 23.4. The van der Waals surface area contributed by atoms with Crippen LogP contribution in [0, 0.1) is 0 Å². The lowest BCUT2D eigenvalue weighted by atomic mass is 10.1. The molecule has 0 spiro atoms. The first kappa shape index (κ1) is 28.7. The summed E-state index contributed by atoms with van der Waals surface area (Å²) in [4.78, 5) is 34.3. The number of hydrogen-bond donors (Lipinski definition) is 8. The van der Waals surface area contributed by atoms with Gasteiger partial charge in [0.1, 0.15) is 37.0 Å². The number of aromatic amines is 1. The number of halogens is 2. The van der Waals surface area contributed by atoms with Crippen molar-refractivity contribution in [3.63, 3.8) is 0 Å². The molecule has 0 saturated carbocycles. The molecule has 2 fully saturated rings. The van der Waals surface area contributed by atoms with E-state index in [1.165, 1.54) is 15.5 Å². The van der Waals surface area contributed by atoms with Gasteiger partial charge in [-0.2, -0.15) is 4.98 Å². The van der Waals surface area contributed by atoms with Crippen molar-refractivity contribution in [1.29, 1.82) is 0 Å². The van der Waals surface area contributed by atoms with Crippen LogP contribution in [0.5, 0.6) is 0 Å². The number of nitrogen functional groups attached to an aromatic ring is 2. The summed E-state index contributed by atoms with van der Waals surface area (Å²) in [5.74, 6) is 0.162. The number of rotatable bonds is 4. The van der Waals surface area contributed by atoms with Crippen LogP contribution < -0.4 is 17.0 Å². The number of aliphatic hydroxyl groups excluding tert-OH is 5. The Bertz CT molecular complexity index is 1600. The number of nitrogens with one attached hydrogen (secondary N) is 1. The van der Waals surface area contributed by atoms with Gasteiger partial charge in [0.2, 0.25) is 5.95 Å². The summed E-state index contributed by atoms with van der Waals surface area (Å²) < 4.78 is 14.6. The van der Waals surface area contributed by atoms with E-state index in [1.807, 2.05) is 0 Å². The molecule has 4 aromatic rings. The molecule has 2 saturated heterocycles. The van der Waals surface area contributed by atoms with E-state index in [9.17, 15) is 20.1 Å². The zero-order valence-electron chi connectivity index (χ0n) is 20.2. The van der Waals surface area contributed by atoms with E-state index < -0.39 is 55.1 Å². The van der Waals surface area contributed by atoms with Gasteiger partial charge in [0.15, 0.2) is 43.8 Å². The summed E-state index contributed by atoms with van der Waals surface area (Å²) >= 11 is 6.47. The van der Waals surface area contributed by atoms with E-state index in [0.29, 0.717) is 20.6 Å². The normalized spacial score (nSPS) is 28.3. The van der Waals surface area contributed by atoms with E-state index in [-0.39, 0.29) is 36.0 Å². The Morgan fingerprint density at radius 1 is 0.925 bits per heavy atom. The van der Waals surface area contributed by atoms with Crippen molar-refractivity contribution in [2.45, 2.75) is 49.4 Å². The summed E-state index contributed by atoms with van der Waals surface area (Å²) in [5, 5.41) is 47.9. The van der Waals surface area contributed by atoms with Crippen LogP contribution in [0.4, 0.5) is 11.8 Å². The van der Waals surface area contributed by atoms with Crippen LogP contribution >= 0.6 is 31.9 Å². The lowest BCUT2D eigenvalue weighted by Gasteiger charge is -2.17. The monoisotopic (exact) mass is 690 g/mol. The van der Waals surface area contributed by atoms with Crippen molar-refractivity contribution in [2.24, 2.45) is 0 Å². The number of aliphatic hydroxyl groups is 5. The van der Waals surface area contributed by atoms with Crippen molar-refractivity contribution in [3.8, 4) is 0 Å². The molecule has 20 heteroatoms. The second kappa shape index (κ2) is 11.2. The summed E-state index contributed by atoms with van der Waals surface area (Å²) in [6, 6.07) is 0. The van der Waals surface area contributed by atoms with Crippen LogP contribution in [0.15, 0.2) is 20.6 Å². The highest BCUT2D eigenvalue weighted by molar-refractivity contribution is 9.10. The van der Waals surface area contributed by atoms with Gasteiger partial charge in [0.25, 0.3) is 5.56 Å². The Labute approximate surface area is 239 Å². The number of aromatic nitrogens is 8. The van der Waals surface area contributed by atoms with Gasteiger partial charge in [0.05, 0.1) is 19.3 Å². The topological polar surface area (TPSA) is 279 Å². The second-order valence-electron chi connectivity index (χ2n) is 8.90. The highest BCUT2D eigenvalue weighted by Gasteiger charge is 2.45. The van der Waals surface area contributed by atoms with E-state index >= 15 is 0 Å². The number of fused-ring (bicyclic) bond motifs is 2. The third kappa shape index (κ3) is 4.94. The number of imidazole rings is 2. The molecule has 216 valence electrons. The highest BCUT2D eigenvalue weighted by atomic mass is 79.9. The number of nitrogens with zero attached hydrogens (tertiary/aromatic N) is 7. The first-order chi connectivity index (χ1) is 19.0. The Morgan fingerprint density at radius 2 is 1.60 bits per heavy atom. The van der Waals surface area contributed by atoms with Gasteiger partial charge in [-0.15, -0.1) is 0 Å². The lowest BCUT2D eigenvalue weighted by Crippen LogP contribution is -2.33. The number of nitrogens with two attached hydrogens (primary N) is 2.